The normalized spacial score (nSPS) is 10.6. The summed E-state index contributed by atoms with van der Waals surface area (Å²) in [7, 11) is 0. The first-order valence-corrected chi connectivity index (χ1v) is 6.24. The van der Waals surface area contributed by atoms with Crippen LogP contribution in [0.25, 0.3) is 16.3 Å². The van der Waals surface area contributed by atoms with E-state index in [1.807, 2.05) is 17.5 Å². The molecule has 3 nitrogen and oxygen atoms in total. The van der Waals surface area contributed by atoms with Crippen LogP contribution in [0, 0.1) is 6.92 Å². The lowest BCUT2D eigenvalue weighted by Crippen LogP contribution is -1.95. The number of hydrogen-bond donors (Lipinski definition) is 0. The zero-order valence-corrected chi connectivity index (χ0v) is 10.2. The molecule has 2 aromatic heterocycles. The van der Waals surface area contributed by atoms with E-state index in [2.05, 4.69) is 41.4 Å². The van der Waals surface area contributed by atoms with Crippen LogP contribution in [0.1, 0.15) is 5.56 Å². The van der Waals surface area contributed by atoms with Crippen LogP contribution in [-0.4, -0.2) is 15.0 Å². The van der Waals surface area contributed by atoms with Crippen LogP contribution in [0.3, 0.4) is 0 Å². The molecular weight excluding hydrogens is 230 g/mol. The lowest BCUT2D eigenvalue weighted by atomic mass is 10.1. The SMILES string of the molecule is Cc1ccc(-c2cnn(-c3cccs3)n2)cc1. The van der Waals surface area contributed by atoms with E-state index >= 15 is 0 Å². The molecule has 0 N–H and O–H groups in total. The van der Waals surface area contributed by atoms with E-state index < -0.39 is 0 Å². The Morgan fingerprint density at radius 3 is 2.65 bits per heavy atom. The molecule has 0 saturated heterocycles. The lowest BCUT2D eigenvalue weighted by molar-refractivity contribution is 0.767. The highest BCUT2D eigenvalue weighted by molar-refractivity contribution is 7.12. The Bertz CT molecular complexity index is 608. The first-order valence-electron chi connectivity index (χ1n) is 5.36. The molecule has 3 aromatic rings. The smallest absolute Gasteiger partial charge is 0.138 e. The molecule has 0 radical (unpaired) electrons. The van der Waals surface area contributed by atoms with Gasteiger partial charge in [-0.25, -0.2) is 0 Å². The highest BCUT2D eigenvalue weighted by Gasteiger charge is 2.05. The van der Waals surface area contributed by atoms with E-state index in [0.29, 0.717) is 0 Å². The average molecular weight is 241 g/mol. The van der Waals surface area contributed by atoms with Crippen molar-refractivity contribution >= 4 is 11.3 Å². The number of benzene rings is 1. The molecule has 0 fully saturated rings. The highest BCUT2D eigenvalue weighted by Crippen LogP contribution is 2.19. The molecule has 0 aliphatic carbocycles. The fourth-order valence-corrected chi connectivity index (χ4v) is 2.25. The van der Waals surface area contributed by atoms with Gasteiger partial charge in [0.05, 0.1) is 6.20 Å². The summed E-state index contributed by atoms with van der Waals surface area (Å²) in [5, 5.41) is 11.8. The molecule has 0 aliphatic rings. The molecule has 0 bridgehead atoms. The van der Waals surface area contributed by atoms with Gasteiger partial charge in [0.25, 0.3) is 0 Å². The number of thiophene rings is 1. The van der Waals surface area contributed by atoms with Gasteiger partial charge in [-0.1, -0.05) is 29.8 Å². The van der Waals surface area contributed by atoms with E-state index in [0.717, 1.165) is 16.3 Å². The minimum atomic E-state index is 0.901. The van der Waals surface area contributed by atoms with E-state index in [1.54, 1.807) is 22.3 Å². The maximum Gasteiger partial charge on any atom is 0.138 e. The number of aromatic nitrogens is 3. The van der Waals surface area contributed by atoms with Crippen LogP contribution in [-0.2, 0) is 0 Å². The summed E-state index contributed by atoms with van der Waals surface area (Å²) < 4.78 is 0. The van der Waals surface area contributed by atoms with Crippen LogP contribution in [0.5, 0.6) is 0 Å². The minimum Gasteiger partial charge on any atom is -0.155 e. The van der Waals surface area contributed by atoms with Crippen molar-refractivity contribution in [3.8, 4) is 16.3 Å². The Hall–Kier alpha value is -1.94. The Morgan fingerprint density at radius 1 is 1.12 bits per heavy atom. The Kier molecular flexibility index (Phi) is 2.49. The van der Waals surface area contributed by atoms with Gasteiger partial charge >= 0.3 is 0 Å². The van der Waals surface area contributed by atoms with Crippen molar-refractivity contribution in [1.29, 1.82) is 0 Å². The van der Waals surface area contributed by atoms with Crippen molar-refractivity contribution in [3.05, 3.63) is 53.5 Å². The van der Waals surface area contributed by atoms with Gasteiger partial charge in [0.1, 0.15) is 10.7 Å². The summed E-state index contributed by atoms with van der Waals surface area (Å²) in [6, 6.07) is 12.3. The molecule has 1 aromatic carbocycles. The van der Waals surface area contributed by atoms with Gasteiger partial charge in [0.15, 0.2) is 0 Å². The summed E-state index contributed by atoms with van der Waals surface area (Å²) in [4.78, 5) is 1.67. The molecule has 84 valence electrons. The molecular formula is C13H11N3S. The molecule has 2 heterocycles. The van der Waals surface area contributed by atoms with Crippen molar-refractivity contribution in [2.24, 2.45) is 0 Å². The molecule has 0 saturated carbocycles. The second-order valence-corrected chi connectivity index (χ2v) is 4.76. The van der Waals surface area contributed by atoms with Gasteiger partial charge in [0.2, 0.25) is 0 Å². The summed E-state index contributed by atoms with van der Waals surface area (Å²) in [6.45, 7) is 2.08. The van der Waals surface area contributed by atoms with Gasteiger partial charge < -0.3 is 0 Å². The van der Waals surface area contributed by atoms with Crippen LogP contribution in [0.4, 0.5) is 0 Å². The maximum atomic E-state index is 4.47. The molecule has 0 atom stereocenters. The van der Waals surface area contributed by atoms with E-state index in [9.17, 15) is 0 Å². The van der Waals surface area contributed by atoms with Crippen LogP contribution >= 0.6 is 11.3 Å². The minimum absolute atomic E-state index is 0.901. The number of hydrogen-bond acceptors (Lipinski definition) is 3. The Labute approximate surface area is 103 Å². The zero-order valence-electron chi connectivity index (χ0n) is 9.37. The summed E-state index contributed by atoms with van der Waals surface area (Å²) >= 11 is 1.62. The summed E-state index contributed by atoms with van der Waals surface area (Å²) in [5.74, 6) is 0. The van der Waals surface area contributed by atoms with E-state index in [-0.39, 0.29) is 0 Å². The Morgan fingerprint density at radius 2 is 1.94 bits per heavy atom. The van der Waals surface area contributed by atoms with Crippen LogP contribution in [0.2, 0.25) is 0 Å². The molecule has 0 aliphatic heterocycles. The molecule has 17 heavy (non-hydrogen) atoms. The zero-order chi connectivity index (χ0) is 11.7. The second kappa shape index (κ2) is 4.14. The third kappa shape index (κ3) is 1.99. The van der Waals surface area contributed by atoms with Crippen molar-refractivity contribution < 1.29 is 0 Å². The predicted octanol–water partition coefficient (Wildman–Crippen LogP) is 3.30. The molecule has 0 unspecified atom stereocenters. The fraction of sp³-hybridized carbons (Fsp3) is 0.0769. The fourth-order valence-electron chi connectivity index (χ4n) is 1.61. The largest absolute Gasteiger partial charge is 0.155 e. The third-order valence-electron chi connectivity index (χ3n) is 2.54. The van der Waals surface area contributed by atoms with Crippen molar-refractivity contribution in [2.75, 3.05) is 0 Å². The van der Waals surface area contributed by atoms with Crippen molar-refractivity contribution in [3.63, 3.8) is 0 Å². The van der Waals surface area contributed by atoms with Gasteiger partial charge in [-0.3, -0.25) is 0 Å². The summed E-state index contributed by atoms with van der Waals surface area (Å²) in [5.41, 5.74) is 3.25. The van der Waals surface area contributed by atoms with E-state index in [4.69, 9.17) is 0 Å². The number of rotatable bonds is 2. The maximum absolute atomic E-state index is 4.47. The van der Waals surface area contributed by atoms with Crippen LogP contribution in [0.15, 0.2) is 48.0 Å². The standard InChI is InChI=1S/C13H11N3S/c1-10-4-6-11(7-5-10)12-9-14-16(15-12)13-3-2-8-17-13/h2-9H,1H3. The number of aryl methyl sites for hydroxylation is 1. The summed E-state index contributed by atoms with van der Waals surface area (Å²) in [6.07, 6.45) is 1.80. The number of nitrogens with zero attached hydrogens (tertiary/aromatic N) is 3. The van der Waals surface area contributed by atoms with Crippen LogP contribution < -0.4 is 0 Å². The quantitative estimate of drug-likeness (QED) is 0.689. The first kappa shape index (κ1) is 10.2. The van der Waals surface area contributed by atoms with Gasteiger partial charge in [-0.2, -0.15) is 5.10 Å². The first-order chi connectivity index (χ1) is 8.33. The molecule has 3 rings (SSSR count). The average Bonchev–Trinajstić information content (AvgIpc) is 3.00. The van der Waals surface area contributed by atoms with Gasteiger partial charge in [0, 0.05) is 5.56 Å². The van der Waals surface area contributed by atoms with Crippen molar-refractivity contribution in [2.45, 2.75) is 6.92 Å². The highest BCUT2D eigenvalue weighted by atomic mass is 32.1. The molecule has 4 heteroatoms. The molecule has 0 spiro atoms. The van der Waals surface area contributed by atoms with Gasteiger partial charge in [-0.05, 0) is 24.4 Å². The molecule has 0 amide bonds. The van der Waals surface area contributed by atoms with Gasteiger partial charge in [-0.15, -0.1) is 21.2 Å². The van der Waals surface area contributed by atoms with E-state index in [1.165, 1.54) is 5.56 Å². The predicted molar refractivity (Wildman–Crippen MR) is 69.4 cm³/mol. The monoisotopic (exact) mass is 241 g/mol. The van der Waals surface area contributed by atoms with Crippen molar-refractivity contribution in [1.82, 2.24) is 15.0 Å². The third-order valence-corrected chi connectivity index (χ3v) is 3.38. The topological polar surface area (TPSA) is 30.7 Å². The second-order valence-electron chi connectivity index (χ2n) is 3.84. The lowest BCUT2D eigenvalue weighted by Gasteiger charge is -1.96. The Balaban J connectivity index is 1.98.